The molecule has 2 amide bonds. The predicted molar refractivity (Wildman–Crippen MR) is 166 cm³/mol. The molecule has 0 N–H and O–H groups in total. The second-order valence-electron chi connectivity index (χ2n) is 11.9. The van der Waals surface area contributed by atoms with Crippen LogP contribution in [0.5, 0.6) is 11.5 Å². The number of benzene rings is 2. The Kier molecular flexibility index (Phi) is 8.50. The quantitative estimate of drug-likeness (QED) is 0.247. The molecule has 10 nitrogen and oxygen atoms in total. The van der Waals surface area contributed by atoms with Gasteiger partial charge in [0, 0.05) is 63.4 Å². The van der Waals surface area contributed by atoms with E-state index in [1.165, 1.54) is 4.90 Å². The van der Waals surface area contributed by atoms with Gasteiger partial charge in [-0.3, -0.25) is 9.78 Å². The van der Waals surface area contributed by atoms with Crippen molar-refractivity contribution in [2.45, 2.75) is 45.3 Å². The number of fused-ring (bicyclic) bond motifs is 1. The summed E-state index contributed by atoms with van der Waals surface area (Å²) in [5.74, 6) is 1.41. The molecule has 0 atom stereocenters. The monoisotopic (exact) mass is 596 g/mol. The minimum absolute atomic E-state index is 0.124. The van der Waals surface area contributed by atoms with Gasteiger partial charge in [0.25, 0.3) is 5.91 Å². The van der Waals surface area contributed by atoms with Crippen molar-refractivity contribution >= 4 is 23.1 Å². The molecule has 2 aromatic heterocycles. The van der Waals surface area contributed by atoms with E-state index >= 15 is 0 Å². The Morgan fingerprint density at radius 1 is 1.02 bits per heavy atom. The summed E-state index contributed by atoms with van der Waals surface area (Å²) in [5.41, 5.74) is 3.80. The van der Waals surface area contributed by atoms with Crippen molar-refractivity contribution in [3.63, 3.8) is 0 Å². The molecule has 0 radical (unpaired) electrons. The van der Waals surface area contributed by atoms with Crippen molar-refractivity contribution in [1.82, 2.24) is 14.8 Å². The average molecular weight is 597 g/mol. The normalized spacial score (nSPS) is 13.8. The SMILES string of the molecule is COc1cc(C(=O)N(C)C)ccc1-c1cc2nccc(-c3ccc(OC4CCN(C(=O)OC(C)(C)C)CC4)c(C#N)c3)c2o1. The smallest absolute Gasteiger partial charge is 0.410 e. The van der Waals surface area contributed by atoms with Gasteiger partial charge in [0.05, 0.1) is 18.2 Å². The molecule has 4 aromatic rings. The molecular formula is C34H36N4O6. The van der Waals surface area contributed by atoms with Crippen LogP contribution in [0.4, 0.5) is 4.79 Å². The van der Waals surface area contributed by atoms with E-state index in [2.05, 4.69) is 11.1 Å². The van der Waals surface area contributed by atoms with Gasteiger partial charge in [-0.25, -0.2) is 4.79 Å². The molecule has 1 aliphatic heterocycles. The Hall–Kier alpha value is -5.04. The van der Waals surface area contributed by atoms with Gasteiger partial charge >= 0.3 is 6.09 Å². The molecule has 0 spiro atoms. The number of furan rings is 1. The second-order valence-corrected chi connectivity index (χ2v) is 11.9. The lowest BCUT2D eigenvalue weighted by molar-refractivity contribution is 0.0126. The number of carbonyl (C=O) groups excluding carboxylic acids is 2. The Morgan fingerprint density at radius 3 is 2.43 bits per heavy atom. The highest BCUT2D eigenvalue weighted by Gasteiger charge is 2.28. The average Bonchev–Trinajstić information content (AvgIpc) is 3.44. The van der Waals surface area contributed by atoms with Gasteiger partial charge in [-0.05, 0) is 62.7 Å². The van der Waals surface area contributed by atoms with Gasteiger partial charge in [-0.2, -0.15) is 5.26 Å². The maximum Gasteiger partial charge on any atom is 0.410 e. The first-order valence-corrected chi connectivity index (χ1v) is 14.4. The van der Waals surface area contributed by atoms with E-state index in [1.807, 2.05) is 39.0 Å². The number of amides is 2. The highest BCUT2D eigenvalue weighted by molar-refractivity contribution is 5.96. The zero-order chi connectivity index (χ0) is 31.6. The predicted octanol–water partition coefficient (Wildman–Crippen LogP) is 6.52. The third-order valence-electron chi connectivity index (χ3n) is 7.33. The zero-order valence-corrected chi connectivity index (χ0v) is 25.8. The van der Waals surface area contributed by atoms with Crippen molar-refractivity contribution in [3.8, 4) is 40.0 Å². The number of nitrogens with zero attached hydrogens (tertiary/aromatic N) is 4. The van der Waals surface area contributed by atoms with E-state index in [9.17, 15) is 14.9 Å². The standard InChI is InChI=1S/C34H36N4O6/c1-34(2,3)44-33(40)38-15-12-24(13-16-38)42-28-10-8-21(17-23(28)20-35)25-11-14-36-27-19-30(43-31(25)27)26-9-7-22(18-29(26)41-6)32(39)37(4)5/h7-11,14,17-19,24H,12-13,15-16H2,1-6H3. The van der Waals surface area contributed by atoms with Crippen molar-refractivity contribution < 1.29 is 28.2 Å². The molecule has 44 heavy (non-hydrogen) atoms. The highest BCUT2D eigenvalue weighted by atomic mass is 16.6. The molecule has 3 heterocycles. The molecule has 0 aliphatic carbocycles. The molecule has 0 unspecified atom stereocenters. The third-order valence-corrected chi connectivity index (χ3v) is 7.33. The molecular weight excluding hydrogens is 560 g/mol. The summed E-state index contributed by atoms with van der Waals surface area (Å²) in [4.78, 5) is 32.6. The van der Waals surface area contributed by atoms with Gasteiger partial charge in [0.1, 0.15) is 40.6 Å². The van der Waals surface area contributed by atoms with Crippen molar-refractivity contribution in [2.75, 3.05) is 34.3 Å². The van der Waals surface area contributed by atoms with Crippen LogP contribution in [-0.2, 0) is 4.74 Å². The Labute approximate surface area is 256 Å². The minimum atomic E-state index is -0.544. The number of nitriles is 1. The first-order chi connectivity index (χ1) is 21.0. The molecule has 2 aromatic carbocycles. The Morgan fingerprint density at radius 2 is 1.77 bits per heavy atom. The van der Waals surface area contributed by atoms with Crippen LogP contribution in [0.1, 0.15) is 49.5 Å². The van der Waals surface area contributed by atoms with Crippen LogP contribution in [0.3, 0.4) is 0 Å². The van der Waals surface area contributed by atoms with Crippen molar-refractivity contribution in [2.24, 2.45) is 0 Å². The lowest BCUT2D eigenvalue weighted by Gasteiger charge is -2.33. The van der Waals surface area contributed by atoms with Crippen LogP contribution < -0.4 is 9.47 Å². The number of carbonyl (C=O) groups is 2. The Bertz CT molecular complexity index is 1740. The summed E-state index contributed by atoms with van der Waals surface area (Å²) in [6, 6.07) is 16.6. The number of aromatic nitrogens is 1. The number of methoxy groups -OCH3 is 1. The van der Waals surface area contributed by atoms with Gasteiger partial charge in [-0.15, -0.1) is 0 Å². The van der Waals surface area contributed by atoms with E-state index in [1.54, 1.807) is 62.6 Å². The molecule has 5 rings (SSSR count). The fraction of sp³-hybridized carbons (Fsp3) is 0.353. The zero-order valence-electron chi connectivity index (χ0n) is 25.8. The summed E-state index contributed by atoms with van der Waals surface area (Å²) in [7, 11) is 4.94. The first-order valence-electron chi connectivity index (χ1n) is 14.4. The molecule has 1 aliphatic rings. The van der Waals surface area contributed by atoms with Gasteiger partial charge in [-0.1, -0.05) is 6.07 Å². The van der Waals surface area contributed by atoms with Crippen molar-refractivity contribution in [1.29, 1.82) is 5.26 Å². The molecule has 0 saturated carbocycles. The van der Waals surface area contributed by atoms with Gasteiger partial charge < -0.3 is 28.4 Å². The number of piperidine rings is 1. The second kappa shape index (κ2) is 12.3. The number of rotatable bonds is 6. The number of likely N-dealkylation sites (tertiary alicyclic amines) is 1. The highest BCUT2D eigenvalue weighted by Crippen LogP contribution is 2.38. The summed E-state index contributed by atoms with van der Waals surface area (Å²) in [6.07, 6.45) is 2.53. The van der Waals surface area contributed by atoms with Crippen molar-refractivity contribution in [3.05, 3.63) is 65.9 Å². The molecule has 10 heteroatoms. The van der Waals surface area contributed by atoms with E-state index in [4.69, 9.17) is 18.6 Å². The number of hydrogen-bond acceptors (Lipinski definition) is 8. The fourth-order valence-corrected chi connectivity index (χ4v) is 5.13. The van der Waals surface area contributed by atoms with Gasteiger partial charge in [0.2, 0.25) is 0 Å². The largest absolute Gasteiger partial charge is 0.496 e. The minimum Gasteiger partial charge on any atom is -0.496 e. The number of hydrogen-bond donors (Lipinski definition) is 0. The van der Waals surface area contributed by atoms with Crippen LogP contribution in [0.2, 0.25) is 0 Å². The Balaban J connectivity index is 1.37. The summed E-state index contributed by atoms with van der Waals surface area (Å²) in [5, 5.41) is 9.99. The lowest BCUT2D eigenvalue weighted by atomic mass is 10.0. The topological polar surface area (TPSA) is 118 Å². The van der Waals surface area contributed by atoms with Crippen LogP contribution in [0.25, 0.3) is 33.6 Å². The summed E-state index contributed by atoms with van der Waals surface area (Å²) in [6.45, 7) is 6.59. The fourth-order valence-electron chi connectivity index (χ4n) is 5.13. The first kappa shape index (κ1) is 30.4. The van der Waals surface area contributed by atoms with E-state index < -0.39 is 5.60 Å². The van der Waals surface area contributed by atoms with E-state index in [-0.39, 0.29) is 18.1 Å². The van der Waals surface area contributed by atoms with E-state index in [0.29, 0.717) is 71.0 Å². The molecule has 0 bridgehead atoms. The summed E-state index contributed by atoms with van der Waals surface area (Å²) >= 11 is 0. The van der Waals surface area contributed by atoms with Crippen LogP contribution in [0, 0.1) is 11.3 Å². The van der Waals surface area contributed by atoms with E-state index in [0.717, 1.165) is 11.1 Å². The number of pyridine rings is 1. The molecule has 228 valence electrons. The molecule has 1 saturated heterocycles. The van der Waals surface area contributed by atoms with Gasteiger partial charge in [0.15, 0.2) is 5.58 Å². The maximum absolute atomic E-state index is 12.5. The third kappa shape index (κ3) is 6.47. The molecule has 1 fully saturated rings. The van der Waals surface area contributed by atoms with Crippen LogP contribution in [-0.4, -0.2) is 72.8 Å². The van der Waals surface area contributed by atoms with Crippen LogP contribution in [0.15, 0.2) is 59.1 Å². The lowest BCUT2D eigenvalue weighted by Crippen LogP contribution is -2.44. The van der Waals surface area contributed by atoms with Crippen LogP contribution >= 0.6 is 0 Å². The number of ether oxygens (including phenoxy) is 3. The maximum atomic E-state index is 12.5. The summed E-state index contributed by atoms with van der Waals surface area (Å²) < 4.78 is 23.6.